The second kappa shape index (κ2) is 5.94. The van der Waals surface area contributed by atoms with E-state index in [4.69, 9.17) is 5.73 Å². The van der Waals surface area contributed by atoms with Gasteiger partial charge in [0.05, 0.1) is 12.1 Å². The maximum absolute atomic E-state index is 10.8. The number of aliphatic hydroxyl groups excluding tert-OH is 1. The van der Waals surface area contributed by atoms with E-state index in [0.29, 0.717) is 6.42 Å². The van der Waals surface area contributed by atoms with Crippen molar-refractivity contribution in [2.75, 3.05) is 13.6 Å². The number of likely N-dealkylation sites (tertiary alicyclic amines) is 1. The molecule has 1 heterocycles. The molecule has 2 atom stereocenters. The van der Waals surface area contributed by atoms with Crippen molar-refractivity contribution in [3.63, 3.8) is 0 Å². The maximum Gasteiger partial charge on any atom is 0.234 e. The standard InChI is InChI=1S/C7H14N2O2.C2H6/c1-9-3-2-5(10)4-6(9)7(8)11;1-2/h5-6,10H,2-4H2,1H3,(H2,8,11);1-2H3. The first-order valence-corrected chi connectivity index (χ1v) is 4.79. The van der Waals surface area contributed by atoms with Crippen LogP contribution in [0.5, 0.6) is 0 Å². The lowest BCUT2D eigenvalue weighted by Crippen LogP contribution is -2.49. The van der Waals surface area contributed by atoms with Crippen LogP contribution in [0.2, 0.25) is 0 Å². The number of hydrogen-bond acceptors (Lipinski definition) is 3. The number of amides is 1. The summed E-state index contributed by atoms with van der Waals surface area (Å²) < 4.78 is 0. The summed E-state index contributed by atoms with van der Waals surface area (Å²) >= 11 is 0. The molecule has 3 N–H and O–H groups in total. The lowest BCUT2D eigenvalue weighted by Gasteiger charge is -2.32. The summed E-state index contributed by atoms with van der Waals surface area (Å²) in [5, 5.41) is 9.21. The summed E-state index contributed by atoms with van der Waals surface area (Å²) in [6.07, 6.45) is 0.857. The van der Waals surface area contributed by atoms with E-state index in [9.17, 15) is 9.90 Å². The number of rotatable bonds is 1. The van der Waals surface area contributed by atoms with E-state index in [0.717, 1.165) is 13.0 Å². The van der Waals surface area contributed by atoms with Gasteiger partial charge in [-0.3, -0.25) is 9.69 Å². The summed E-state index contributed by atoms with van der Waals surface area (Å²) in [5.41, 5.74) is 5.13. The predicted octanol–water partition coefficient (Wildman–Crippen LogP) is -0.0470. The van der Waals surface area contributed by atoms with Gasteiger partial charge in [0.1, 0.15) is 0 Å². The van der Waals surface area contributed by atoms with Gasteiger partial charge in [-0.2, -0.15) is 0 Å². The van der Waals surface area contributed by atoms with E-state index < -0.39 is 0 Å². The molecule has 13 heavy (non-hydrogen) atoms. The molecule has 4 nitrogen and oxygen atoms in total. The fourth-order valence-electron chi connectivity index (χ4n) is 1.40. The van der Waals surface area contributed by atoms with E-state index in [-0.39, 0.29) is 18.1 Å². The van der Waals surface area contributed by atoms with E-state index >= 15 is 0 Å². The second-order valence-corrected chi connectivity index (χ2v) is 3.08. The monoisotopic (exact) mass is 188 g/mol. The molecule has 0 aromatic carbocycles. The molecular formula is C9H20N2O2. The fraction of sp³-hybridized carbons (Fsp3) is 0.889. The third-order valence-corrected chi connectivity index (χ3v) is 2.17. The Balaban J connectivity index is 0.000000671. The Kier molecular flexibility index (Phi) is 5.66. The van der Waals surface area contributed by atoms with Crippen LogP contribution >= 0.6 is 0 Å². The van der Waals surface area contributed by atoms with E-state index in [1.807, 2.05) is 25.8 Å². The lowest BCUT2D eigenvalue weighted by molar-refractivity contribution is -0.125. The number of likely N-dealkylation sites (N-methyl/N-ethyl adjacent to an activating group) is 1. The fourth-order valence-corrected chi connectivity index (χ4v) is 1.40. The zero-order chi connectivity index (χ0) is 10.4. The second-order valence-electron chi connectivity index (χ2n) is 3.08. The molecule has 1 fully saturated rings. The molecule has 4 heteroatoms. The molecule has 1 rings (SSSR count). The van der Waals surface area contributed by atoms with Gasteiger partial charge in [-0.15, -0.1) is 0 Å². The Bertz CT molecular complexity index is 162. The summed E-state index contributed by atoms with van der Waals surface area (Å²) in [6, 6.07) is -0.279. The zero-order valence-corrected chi connectivity index (χ0v) is 8.66. The summed E-state index contributed by atoms with van der Waals surface area (Å²) in [4.78, 5) is 12.7. The SMILES string of the molecule is CC.CN1CCC(O)CC1C(N)=O. The first kappa shape index (κ1) is 12.4. The molecule has 0 aromatic rings. The summed E-state index contributed by atoms with van der Waals surface area (Å²) in [5.74, 6) is -0.341. The number of hydrogen-bond donors (Lipinski definition) is 2. The van der Waals surface area contributed by atoms with Gasteiger partial charge in [0.25, 0.3) is 0 Å². The van der Waals surface area contributed by atoms with Crippen LogP contribution < -0.4 is 5.73 Å². The molecule has 1 aliphatic heterocycles. The molecule has 2 unspecified atom stereocenters. The van der Waals surface area contributed by atoms with Crippen molar-refractivity contribution in [1.82, 2.24) is 4.90 Å². The van der Waals surface area contributed by atoms with Crippen LogP contribution in [-0.2, 0) is 4.79 Å². The van der Waals surface area contributed by atoms with Gasteiger partial charge in [-0.25, -0.2) is 0 Å². The molecule has 0 aromatic heterocycles. The number of carbonyl (C=O) groups excluding carboxylic acids is 1. The summed E-state index contributed by atoms with van der Waals surface area (Å²) in [6.45, 7) is 4.74. The van der Waals surface area contributed by atoms with Crippen LogP contribution in [0.1, 0.15) is 26.7 Å². The molecule has 1 amide bonds. The molecule has 78 valence electrons. The Morgan fingerprint density at radius 2 is 2.08 bits per heavy atom. The number of piperidine rings is 1. The van der Waals surface area contributed by atoms with E-state index in [1.54, 1.807) is 0 Å². The van der Waals surface area contributed by atoms with Crippen molar-refractivity contribution in [2.24, 2.45) is 5.73 Å². The molecule has 0 spiro atoms. The number of nitrogens with zero attached hydrogens (tertiary/aromatic N) is 1. The van der Waals surface area contributed by atoms with Crippen molar-refractivity contribution in [3.8, 4) is 0 Å². The summed E-state index contributed by atoms with van der Waals surface area (Å²) in [7, 11) is 1.85. The number of nitrogens with two attached hydrogens (primary N) is 1. The van der Waals surface area contributed by atoms with Gasteiger partial charge in [0, 0.05) is 6.54 Å². The smallest absolute Gasteiger partial charge is 0.234 e. The highest BCUT2D eigenvalue weighted by molar-refractivity contribution is 5.79. The quantitative estimate of drug-likeness (QED) is 0.606. The molecule has 0 bridgehead atoms. The molecular weight excluding hydrogens is 168 g/mol. The molecule has 0 radical (unpaired) electrons. The highest BCUT2D eigenvalue weighted by atomic mass is 16.3. The average molecular weight is 188 g/mol. The minimum atomic E-state index is -0.358. The van der Waals surface area contributed by atoms with Crippen LogP contribution in [-0.4, -0.2) is 41.7 Å². The number of carbonyl (C=O) groups is 1. The van der Waals surface area contributed by atoms with Crippen molar-refractivity contribution < 1.29 is 9.90 Å². The van der Waals surface area contributed by atoms with Gasteiger partial charge >= 0.3 is 0 Å². The van der Waals surface area contributed by atoms with Crippen molar-refractivity contribution >= 4 is 5.91 Å². The Morgan fingerprint density at radius 3 is 2.46 bits per heavy atom. The first-order valence-electron chi connectivity index (χ1n) is 4.79. The van der Waals surface area contributed by atoms with Crippen LogP contribution in [0.25, 0.3) is 0 Å². The third kappa shape index (κ3) is 3.74. The minimum Gasteiger partial charge on any atom is -0.393 e. The number of primary amides is 1. The van der Waals surface area contributed by atoms with E-state index in [1.165, 1.54) is 0 Å². The van der Waals surface area contributed by atoms with Gasteiger partial charge in [-0.05, 0) is 19.9 Å². The Labute approximate surface area is 79.7 Å². The largest absolute Gasteiger partial charge is 0.393 e. The van der Waals surface area contributed by atoms with Crippen LogP contribution in [0.3, 0.4) is 0 Å². The average Bonchev–Trinajstić information content (AvgIpc) is 2.12. The van der Waals surface area contributed by atoms with Crippen molar-refractivity contribution in [2.45, 2.75) is 38.8 Å². The van der Waals surface area contributed by atoms with E-state index in [2.05, 4.69) is 0 Å². The van der Waals surface area contributed by atoms with Crippen LogP contribution in [0.15, 0.2) is 0 Å². The van der Waals surface area contributed by atoms with Crippen molar-refractivity contribution in [1.29, 1.82) is 0 Å². The van der Waals surface area contributed by atoms with Crippen LogP contribution in [0, 0.1) is 0 Å². The van der Waals surface area contributed by atoms with Gasteiger partial charge < -0.3 is 10.8 Å². The predicted molar refractivity (Wildman–Crippen MR) is 52.2 cm³/mol. The van der Waals surface area contributed by atoms with Crippen LogP contribution in [0.4, 0.5) is 0 Å². The minimum absolute atomic E-state index is 0.279. The first-order chi connectivity index (χ1) is 6.11. The topological polar surface area (TPSA) is 66.6 Å². The third-order valence-electron chi connectivity index (χ3n) is 2.17. The Hall–Kier alpha value is -0.610. The van der Waals surface area contributed by atoms with Gasteiger partial charge in [-0.1, -0.05) is 13.8 Å². The zero-order valence-electron chi connectivity index (χ0n) is 8.66. The van der Waals surface area contributed by atoms with Crippen molar-refractivity contribution in [3.05, 3.63) is 0 Å². The lowest BCUT2D eigenvalue weighted by atomic mass is 10.00. The number of aliphatic hydroxyl groups is 1. The molecule has 0 aliphatic carbocycles. The maximum atomic E-state index is 10.8. The molecule has 1 aliphatic rings. The highest BCUT2D eigenvalue weighted by Gasteiger charge is 2.28. The molecule has 0 saturated carbocycles. The normalized spacial score (nSPS) is 28.9. The molecule has 1 saturated heterocycles. The highest BCUT2D eigenvalue weighted by Crippen LogP contribution is 2.14. The Morgan fingerprint density at radius 1 is 1.54 bits per heavy atom. The van der Waals surface area contributed by atoms with Gasteiger partial charge in [0.2, 0.25) is 5.91 Å². The van der Waals surface area contributed by atoms with Gasteiger partial charge in [0.15, 0.2) is 0 Å².